The highest BCUT2D eigenvalue weighted by Crippen LogP contribution is 2.16. The van der Waals surface area contributed by atoms with Crippen LogP contribution in [-0.4, -0.2) is 32.3 Å². The third-order valence-corrected chi connectivity index (χ3v) is 4.62. The van der Waals surface area contributed by atoms with E-state index >= 15 is 0 Å². The van der Waals surface area contributed by atoms with E-state index in [2.05, 4.69) is 27.3 Å². The maximum absolute atomic E-state index is 12.4. The minimum absolute atomic E-state index is 0.224. The average molecular weight is 379 g/mol. The molecule has 7 heteroatoms. The first-order chi connectivity index (χ1) is 13.5. The van der Waals surface area contributed by atoms with Crippen LogP contribution in [0.15, 0.2) is 36.7 Å². The van der Waals surface area contributed by atoms with Gasteiger partial charge in [0.1, 0.15) is 5.75 Å². The number of carbonyl (C=O) groups excluding carboxylic acids is 1. The molecule has 3 rings (SSSR count). The summed E-state index contributed by atoms with van der Waals surface area (Å²) in [6.07, 6.45) is 5.25. The van der Waals surface area contributed by atoms with Crippen LogP contribution in [0, 0.1) is 20.8 Å². The summed E-state index contributed by atoms with van der Waals surface area (Å²) in [5.41, 5.74) is 4.12. The number of carbonyl (C=O) groups is 1. The van der Waals surface area contributed by atoms with Crippen molar-refractivity contribution in [2.45, 2.75) is 40.5 Å². The minimum atomic E-state index is -0.224. The predicted molar refractivity (Wildman–Crippen MR) is 108 cm³/mol. The number of nitrogens with one attached hydrogen (secondary N) is 1. The van der Waals surface area contributed by atoms with E-state index in [0.29, 0.717) is 23.8 Å². The van der Waals surface area contributed by atoms with Gasteiger partial charge in [-0.1, -0.05) is 13.3 Å². The highest BCUT2D eigenvalue weighted by molar-refractivity contribution is 6.04. The molecule has 0 saturated carbocycles. The third-order valence-electron chi connectivity index (χ3n) is 4.62. The molecule has 3 aromatic rings. The normalized spacial score (nSPS) is 10.7. The van der Waals surface area contributed by atoms with Crippen LogP contribution in [0.1, 0.15) is 47.1 Å². The van der Waals surface area contributed by atoms with Gasteiger partial charge in [-0.2, -0.15) is 5.10 Å². The Hall–Kier alpha value is -3.22. The second kappa shape index (κ2) is 8.65. The van der Waals surface area contributed by atoms with Crippen LogP contribution in [-0.2, 0) is 0 Å². The molecule has 0 unspecified atom stereocenters. The van der Waals surface area contributed by atoms with Crippen molar-refractivity contribution in [2.75, 3.05) is 11.9 Å². The molecule has 146 valence electrons. The summed E-state index contributed by atoms with van der Waals surface area (Å²) in [5, 5.41) is 7.25. The van der Waals surface area contributed by atoms with E-state index in [4.69, 9.17) is 4.74 Å². The molecule has 2 heterocycles. The molecule has 1 N–H and O–H groups in total. The number of amides is 1. The molecule has 0 aliphatic carbocycles. The van der Waals surface area contributed by atoms with Gasteiger partial charge in [0.05, 0.1) is 30.4 Å². The maximum Gasteiger partial charge on any atom is 0.255 e. The van der Waals surface area contributed by atoms with Gasteiger partial charge in [0.2, 0.25) is 0 Å². The molecule has 28 heavy (non-hydrogen) atoms. The molecule has 1 amide bonds. The van der Waals surface area contributed by atoms with Crippen LogP contribution < -0.4 is 10.1 Å². The number of anilines is 1. The van der Waals surface area contributed by atoms with Crippen LogP contribution in [0.4, 0.5) is 5.69 Å². The number of hydrogen-bond donors (Lipinski definition) is 1. The molecular weight excluding hydrogens is 354 g/mol. The number of unbranched alkanes of at least 4 members (excludes halogenated alkanes) is 1. The van der Waals surface area contributed by atoms with E-state index < -0.39 is 0 Å². The smallest absolute Gasteiger partial charge is 0.255 e. The monoisotopic (exact) mass is 379 g/mol. The molecule has 0 aliphatic rings. The first kappa shape index (κ1) is 19.5. The summed E-state index contributed by atoms with van der Waals surface area (Å²) in [6.45, 7) is 8.74. The lowest BCUT2D eigenvalue weighted by Gasteiger charge is -2.08. The van der Waals surface area contributed by atoms with Crippen LogP contribution >= 0.6 is 0 Å². The SMILES string of the molecule is CCCCOc1ccc(C(=O)Nc2cnc(-n3nc(C)c(C)c3C)nc2)cc1. The second-order valence-corrected chi connectivity index (χ2v) is 6.66. The zero-order valence-electron chi connectivity index (χ0n) is 16.7. The summed E-state index contributed by atoms with van der Waals surface area (Å²) >= 11 is 0. The van der Waals surface area contributed by atoms with E-state index in [9.17, 15) is 4.79 Å². The average Bonchev–Trinajstić information content (AvgIpc) is 2.96. The fourth-order valence-electron chi connectivity index (χ4n) is 2.65. The Morgan fingerprint density at radius 2 is 1.79 bits per heavy atom. The Balaban J connectivity index is 1.65. The Labute approximate surface area is 164 Å². The molecule has 0 fully saturated rings. The van der Waals surface area contributed by atoms with Gasteiger partial charge in [-0.15, -0.1) is 0 Å². The van der Waals surface area contributed by atoms with Crippen LogP contribution in [0.3, 0.4) is 0 Å². The van der Waals surface area contributed by atoms with E-state index in [-0.39, 0.29) is 5.91 Å². The molecule has 2 aromatic heterocycles. The molecule has 1 aromatic carbocycles. The largest absolute Gasteiger partial charge is 0.494 e. The van der Waals surface area contributed by atoms with Crippen LogP contribution in [0.5, 0.6) is 5.75 Å². The lowest BCUT2D eigenvalue weighted by atomic mass is 10.2. The number of aromatic nitrogens is 4. The van der Waals surface area contributed by atoms with Gasteiger partial charge in [-0.25, -0.2) is 14.6 Å². The molecule has 0 bridgehead atoms. The van der Waals surface area contributed by atoms with Crippen molar-refractivity contribution in [1.82, 2.24) is 19.7 Å². The van der Waals surface area contributed by atoms with Crippen molar-refractivity contribution in [2.24, 2.45) is 0 Å². The van der Waals surface area contributed by atoms with E-state index in [0.717, 1.165) is 35.5 Å². The summed E-state index contributed by atoms with van der Waals surface area (Å²) in [5.74, 6) is 1.01. The highest BCUT2D eigenvalue weighted by Gasteiger charge is 2.12. The molecule has 0 radical (unpaired) electrons. The lowest BCUT2D eigenvalue weighted by Crippen LogP contribution is -2.13. The Kier molecular flexibility index (Phi) is 6.03. The quantitative estimate of drug-likeness (QED) is 0.627. The van der Waals surface area contributed by atoms with E-state index in [1.54, 1.807) is 41.3 Å². The van der Waals surface area contributed by atoms with Crippen molar-refractivity contribution < 1.29 is 9.53 Å². The van der Waals surface area contributed by atoms with Gasteiger partial charge >= 0.3 is 0 Å². The van der Waals surface area contributed by atoms with E-state index in [1.807, 2.05) is 20.8 Å². The van der Waals surface area contributed by atoms with Gasteiger partial charge in [-0.05, 0) is 57.0 Å². The second-order valence-electron chi connectivity index (χ2n) is 6.66. The molecular formula is C21H25N5O2. The first-order valence-corrected chi connectivity index (χ1v) is 9.39. The standard InChI is InChI=1S/C21H25N5O2/c1-5-6-11-28-19-9-7-17(8-10-19)20(27)24-18-12-22-21(23-13-18)26-16(4)14(2)15(3)25-26/h7-10,12-13H,5-6,11H2,1-4H3,(H,24,27). The molecule has 0 atom stereocenters. The topological polar surface area (TPSA) is 81.9 Å². The maximum atomic E-state index is 12.4. The fraction of sp³-hybridized carbons (Fsp3) is 0.333. The summed E-state index contributed by atoms with van der Waals surface area (Å²) < 4.78 is 7.32. The number of hydrogen-bond acceptors (Lipinski definition) is 5. The van der Waals surface area contributed by atoms with Gasteiger partial charge < -0.3 is 10.1 Å². The fourth-order valence-corrected chi connectivity index (χ4v) is 2.65. The van der Waals surface area contributed by atoms with Crippen molar-refractivity contribution >= 4 is 11.6 Å². The van der Waals surface area contributed by atoms with Gasteiger partial charge in [0.15, 0.2) is 0 Å². The van der Waals surface area contributed by atoms with Crippen LogP contribution in [0.25, 0.3) is 5.95 Å². The zero-order chi connectivity index (χ0) is 20.1. The van der Waals surface area contributed by atoms with Gasteiger partial charge in [-0.3, -0.25) is 4.79 Å². The predicted octanol–water partition coefficient (Wildman–Crippen LogP) is 4.02. The molecule has 0 aliphatic heterocycles. The number of rotatable bonds is 7. The Morgan fingerprint density at radius 3 is 2.36 bits per heavy atom. The highest BCUT2D eigenvalue weighted by atomic mass is 16.5. The van der Waals surface area contributed by atoms with Crippen molar-refractivity contribution in [1.29, 1.82) is 0 Å². The molecule has 0 saturated heterocycles. The third kappa shape index (κ3) is 4.36. The zero-order valence-corrected chi connectivity index (χ0v) is 16.7. The Bertz CT molecular complexity index is 946. The Morgan fingerprint density at radius 1 is 1.11 bits per heavy atom. The van der Waals surface area contributed by atoms with Gasteiger partial charge in [0.25, 0.3) is 11.9 Å². The van der Waals surface area contributed by atoms with Crippen molar-refractivity contribution in [3.8, 4) is 11.7 Å². The summed E-state index contributed by atoms with van der Waals surface area (Å²) in [4.78, 5) is 21.1. The number of nitrogens with zero attached hydrogens (tertiary/aromatic N) is 4. The van der Waals surface area contributed by atoms with E-state index in [1.165, 1.54) is 0 Å². The summed E-state index contributed by atoms with van der Waals surface area (Å²) in [6, 6.07) is 7.08. The van der Waals surface area contributed by atoms with Gasteiger partial charge in [0, 0.05) is 11.3 Å². The van der Waals surface area contributed by atoms with Crippen molar-refractivity contribution in [3.63, 3.8) is 0 Å². The number of ether oxygens (including phenoxy) is 1. The number of aryl methyl sites for hydroxylation is 1. The number of benzene rings is 1. The van der Waals surface area contributed by atoms with Crippen molar-refractivity contribution in [3.05, 3.63) is 59.2 Å². The van der Waals surface area contributed by atoms with Crippen LogP contribution in [0.2, 0.25) is 0 Å². The minimum Gasteiger partial charge on any atom is -0.494 e. The summed E-state index contributed by atoms with van der Waals surface area (Å²) in [7, 11) is 0. The molecule has 0 spiro atoms. The first-order valence-electron chi connectivity index (χ1n) is 9.39. The lowest BCUT2D eigenvalue weighted by molar-refractivity contribution is 0.102. The molecule has 7 nitrogen and oxygen atoms in total.